The van der Waals surface area contributed by atoms with Crippen molar-refractivity contribution in [2.24, 2.45) is 0 Å². The van der Waals surface area contributed by atoms with Crippen LogP contribution in [0, 0.1) is 0 Å². The zero-order valence-corrected chi connectivity index (χ0v) is 10.2. The van der Waals surface area contributed by atoms with Crippen LogP contribution in [0.3, 0.4) is 0 Å². The van der Waals surface area contributed by atoms with Crippen molar-refractivity contribution in [3.8, 4) is 0 Å². The topological polar surface area (TPSA) is 71.4 Å². The fraction of sp³-hybridized carbons (Fsp3) is 0.300. The number of carbonyl (C=O) groups is 1. The van der Waals surface area contributed by atoms with E-state index in [0.717, 1.165) is 0 Å². The van der Waals surface area contributed by atoms with Crippen LogP contribution in [-0.2, 0) is 21.1 Å². The highest BCUT2D eigenvalue weighted by molar-refractivity contribution is 7.91. The third-order valence-electron chi connectivity index (χ3n) is 2.07. The number of carboxylic acids is 1. The third kappa shape index (κ3) is 2.96. The summed E-state index contributed by atoms with van der Waals surface area (Å²) in [6, 6.07) is 4.18. The Bertz CT molecular complexity index is 508. The van der Waals surface area contributed by atoms with Crippen LogP contribution < -0.4 is 0 Å². The van der Waals surface area contributed by atoms with Crippen molar-refractivity contribution in [3.63, 3.8) is 0 Å². The van der Waals surface area contributed by atoms with E-state index in [1.807, 2.05) is 0 Å². The summed E-state index contributed by atoms with van der Waals surface area (Å²) in [6.07, 6.45) is -0.174. The van der Waals surface area contributed by atoms with E-state index in [-0.39, 0.29) is 22.1 Å². The second-order valence-corrected chi connectivity index (χ2v) is 5.89. The van der Waals surface area contributed by atoms with E-state index in [9.17, 15) is 13.2 Å². The number of rotatable bonds is 4. The second kappa shape index (κ2) is 4.84. The Labute approximate surface area is 98.8 Å². The number of hydrogen-bond acceptors (Lipinski definition) is 3. The lowest BCUT2D eigenvalue weighted by molar-refractivity contribution is -0.136. The van der Waals surface area contributed by atoms with Crippen molar-refractivity contribution >= 4 is 27.4 Å². The van der Waals surface area contributed by atoms with E-state index >= 15 is 0 Å². The summed E-state index contributed by atoms with van der Waals surface area (Å²) in [7, 11) is -3.35. The molecule has 0 aromatic heterocycles. The van der Waals surface area contributed by atoms with Crippen LogP contribution in [0.5, 0.6) is 0 Å². The van der Waals surface area contributed by atoms with Crippen molar-refractivity contribution < 1.29 is 18.3 Å². The summed E-state index contributed by atoms with van der Waals surface area (Å²) < 4.78 is 23.1. The van der Waals surface area contributed by atoms with Gasteiger partial charge in [-0.25, -0.2) is 8.42 Å². The Kier molecular flexibility index (Phi) is 3.93. The standard InChI is InChI=1S/C10H11ClO4S/c1-2-16(14,15)9-4-3-7(5-8(9)11)6-10(12)13/h3-5H,2,6H2,1H3,(H,12,13). The Hall–Kier alpha value is -1.07. The predicted octanol–water partition coefficient (Wildman–Crippen LogP) is 1.76. The summed E-state index contributed by atoms with van der Waals surface area (Å²) in [5.41, 5.74) is 0.479. The molecule has 0 bridgehead atoms. The van der Waals surface area contributed by atoms with Crippen molar-refractivity contribution in [2.75, 3.05) is 5.75 Å². The molecule has 88 valence electrons. The fourth-order valence-electron chi connectivity index (χ4n) is 1.24. The van der Waals surface area contributed by atoms with Gasteiger partial charge >= 0.3 is 5.97 Å². The summed E-state index contributed by atoms with van der Waals surface area (Å²) in [6.45, 7) is 1.52. The van der Waals surface area contributed by atoms with Gasteiger partial charge < -0.3 is 5.11 Å². The molecule has 16 heavy (non-hydrogen) atoms. The molecule has 0 aliphatic carbocycles. The maximum atomic E-state index is 11.6. The summed E-state index contributed by atoms with van der Waals surface area (Å²) in [5.74, 6) is -1.02. The number of hydrogen-bond donors (Lipinski definition) is 1. The van der Waals surface area contributed by atoms with Gasteiger partial charge in [0.1, 0.15) is 0 Å². The van der Waals surface area contributed by atoms with Gasteiger partial charge in [0.05, 0.1) is 22.1 Å². The maximum absolute atomic E-state index is 11.6. The van der Waals surface area contributed by atoms with E-state index in [4.69, 9.17) is 16.7 Å². The third-order valence-corrected chi connectivity index (χ3v) is 4.28. The molecule has 1 rings (SSSR count). The fourth-order valence-corrected chi connectivity index (χ4v) is 2.73. The van der Waals surface area contributed by atoms with Gasteiger partial charge in [-0.2, -0.15) is 0 Å². The highest BCUT2D eigenvalue weighted by atomic mass is 35.5. The lowest BCUT2D eigenvalue weighted by Crippen LogP contribution is -2.06. The zero-order chi connectivity index (χ0) is 12.3. The smallest absolute Gasteiger partial charge is 0.307 e. The molecule has 0 fully saturated rings. The zero-order valence-electron chi connectivity index (χ0n) is 8.60. The minimum absolute atomic E-state index is 0.0367. The van der Waals surface area contributed by atoms with Crippen molar-refractivity contribution in [1.82, 2.24) is 0 Å². The van der Waals surface area contributed by atoms with Gasteiger partial charge in [-0.05, 0) is 17.7 Å². The molecule has 0 amide bonds. The van der Waals surface area contributed by atoms with Crippen LogP contribution in [-0.4, -0.2) is 25.2 Å². The normalized spacial score (nSPS) is 11.4. The number of sulfone groups is 1. The predicted molar refractivity (Wildman–Crippen MR) is 60.5 cm³/mol. The van der Waals surface area contributed by atoms with Gasteiger partial charge in [-0.3, -0.25) is 4.79 Å². The van der Waals surface area contributed by atoms with Crippen LogP contribution in [0.25, 0.3) is 0 Å². The highest BCUT2D eigenvalue weighted by Crippen LogP contribution is 2.23. The molecule has 0 unspecified atom stereocenters. The monoisotopic (exact) mass is 262 g/mol. The van der Waals surface area contributed by atoms with Gasteiger partial charge in [-0.15, -0.1) is 0 Å². The molecule has 0 atom stereocenters. The number of carboxylic acid groups (broad SMARTS) is 1. The lowest BCUT2D eigenvalue weighted by Gasteiger charge is -2.05. The minimum Gasteiger partial charge on any atom is -0.481 e. The summed E-state index contributed by atoms with van der Waals surface area (Å²) in [4.78, 5) is 10.5. The molecule has 0 heterocycles. The quantitative estimate of drug-likeness (QED) is 0.898. The Morgan fingerprint density at radius 1 is 1.44 bits per heavy atom. The molecule has 0 saturated heterocycles. The molecular formula is C10H11ClO4S. The molecule has 1 aromatic rings. The Morgan fingerprint density at radius 2 is 2.06 bits per heavy atom. The van der Waals surface area contributed by atoms with E-state index in [0.29, 0.717) is 5.56 Å². The SMILES string of the molecule is CCS(=O)(=O)c1ccc(CC(=O)O)cc1Cl. The van der Waals surface area contributed by atoms with Gasteiger partial charge in [-0.1, -0.05) is 24.6 Å². The molecular weight excluding hydrogens is 252 g/mol. The highest BCUT2D eigenvalue weighted by Gasteiger charge is 2.16. The lowest BCUT2D eigenvalue weighted by atomic mass is 10.1. The van der Waals surface area contributed by atoms with Crippen LogP contribution in [0.15, 0.2) is 23.1 Å². The Morgan fingerprint density at radius 3 is 2.50 bits per heavy atom. The molecule has 1 N–H and O–H groups in total. The van der Waals surface area contributed by atoms with Gasteiger partial charge in [0, 0.05) is 0 Å². The van der Waals surface area contributed by atoms with Crippen LogP contribution in [0.2, 0.25) is 5.02 Å². The number of aliphatic carboxylic acids is 1. The summed E-state index contributed by atoms with van der Waals surface area (Å²) >= 11 is 5.80. The molecule has 0 saturated carbocycles. The van der Waals surface area contributed by atoms with Crippen molar-refractivity contribution in [1.29, 1.82) is 0 Å². The molecule has 4 nitrogen and oxygen atoms in total. The molecule has 6 heteroatoms. The average molecular weight is 263 g/mol. The van der Waals surface area contributed by atoms with Crippen LogP contribution in [0.1, 0.15) is 12.5 Å². The first-order valence-corrected chi connectivity index (χ1v) is 6.63. The van der Waals surface area contributed by atoms with Crippen molar-refractivity contribution in [3.05, 3.63) is 28.8 Å². The van der Waals surface area contributed by atoms with Gasteiger partial charge in [0.15, 0.2) is 9.84 Å². The van der Waals surface area contributed by atoms with Gasteiger partial charge in [0.25, 0.3) is 0 Å². The van der Waals surface area contributed by atoms with E-state index in [2.05, 4.69) is 0 Å². The number of halogens is 1. The maximum Gasteiger partial charge on any atom is 0.307 e. The molecule has 0 aliphatic heterocycles. The second-order valence-electron chi connectivity index (χ2n) is 3.24. The molecule has 0 spiro atoms. The average Bonchev–Trinajstić information content (AvgIpc) is 2.16. The van der Waals surface area contributed by atoms with Crippen molar-refractivity contribution in [2.45, 2.75) is 18.2 Å². The van der Waals surface area contributed by atoms with Crippen LogP contribution >= 0.6 is 11.6 Å². The van der Waals surface area contributed by atoms with Crippen LogP contribution in [0.4, 0.5) is 0 Å². The Balaban J connectivity index is 3.15. The number of benzene rings is 1. The first-order chi connectivity index (χ1) is 7.36. The van der Waals surface area contributed by atoms with Gasteiger partial charge in [0.2, 0.25) is 0 Å². The molecule has 1 aromatic carbocycles. The molecule has 0 radical (unpaired) electrons. The summed E-state index contributed by atoms with van der Waals surface area (Å²) in [5, 5.41) is 8.64. The minimum atomic E-state index is -3.35. The van der Waals surface area contributed by atoms with E-state index in [1.54, 1.807) is 0 Å². The first-order valence-electron chi connectivity index (χ1n) is 4.60. The van der Waals surface area contributed by atoms with E-state index in [1.165, 1.54) is 25.1 Å². The largest absolute Gasteiger partial charge is 0.481 e. The first kappa shape index (κ1) is 13.0. The van der Waals surface area contributed by atoms with E-state index < -0.39 is 15.8 Å². The molecule has 0 aliphatic rings.